The van der Waals surface area contributed by atoms with Gasteiger partial charge in [0.1, 0.15) is 5.82 Å². The van der Waals surface area contributed by atoms with Gasteiger partial charge in [-0.3, -0.25) is 4.79 Å². The van der Waals surface area contributed by atoms with Crippen molar-refractivity contribution >= 4 is 17.7 Å². The fourth-order valence-corrected chi connectivity index (χ4v) is 3.38. The van der Waals surface area contributed by atoms with Gasteiger partial charge in [0.25, 0.3) is 5.56 Å². The number of nitrogens with zero attached hydrogens (tertiary/aromatic N) is 2. The number of benzene rings is 2. The number of nitrogens with two attached hydrogens (primary N) is 1. The molecule has 3 N–H and O–H groups in total. The highest BCUT2D eigenvalue weighted by atomic mass is 35.5. The van der Waals surface area contributed by atoms with Gasteiger partial charge in [0, 0.05) is 29.3 Å². The summed E-state index contributed by atoms with van der Waals surface area (Å²) in [6.07, 6.45) is 3.93. The van der Waals surface area contributed by atoms with Crippen molar-refractivity contribution in [1.29, 1.82) is 0 Å². The van der Waals surface area contributed by atoms with Crippen LogP contribution in [0.25, 0.3) is 17.3 Å². The summed E-state index contributed by atoms with van der Waals surface area (Å²) in [5, 5.41) is 14.7. The molecule has 0 fully saturated rings. The molecule has 0 amide bonds. The lowest BCUT2D eigenvalue weighted by Crippen LogP contribution is -2.30. The van der Waals surface area contributed by atoms with E-state index in [0.717, 1.165) is 5.56 Å². The highest BCUT2D eigenvalue weighted by Gasteiger charge is 2.17. The summed E-state index contributed by atoms with van der Waals surface area (Å²) in [5.41, 5.74) is 9.16. The first-order valence-electron chi connectivity index (χ1n) is 9.57. The molecule has 156 valence electrons. The van der Waals surface area contributed by atoms with E-state index >= 15 is 0 Å². The molecule has 2 aromatic carbocycles. The third kappa shape index (κ3) is 4.84. The molecule has 5 nitrogen and oxygen atoms in total. The summed E-state index contributed by atoms with van der Waals surface area (Å²) in [4.78, 5) is 12.9. The molecule has 0 aliphatic heterocycles. The number of rotatable bonds is 7. The molecule has 1 heterocycles. The Kier molecular flexibility index (Phi) is 7.15. The zero-order valence-electron chi connectivity index (χ0n) is 16.6. The first-order valence-corrected chi connectivity index (χ1v) is 9.94. The van der Waals surface area contributed by atoms with E-state index in [2.05, 4.69) is 5.10 Å². The van der Waals surface area contributed by atoms with Gasteiger partial charge >= 0.3 is 0 Å². The highest BCUT2D eigenvalue weighted by Crippen LogP contribution is 2.25. The number of hydrogen-bond donors (Lipinski definition) is 2. The number of aromatic nitrogens is 2. The van der Waals surface area contributed by atoms with Crippen molar-refractivity contribution in [1.82, 2.24) is 9.78 Å². The SMILES string of the molecule is Cc1cc(-c2nn(CC=Cc3ccc(Cl)cc3)c(=O)c(CN)c2CCO)ccc1F. The zero-order chi connectivity index (χ0) is 21.7. The van der Waals surface area contributed by atoms with E-state index < -0.39 is 0 Å². The molecule has 3 rings (SSSR count). The standard InChI is InChI=1S/C23H23ClFN3O2/c1-15-13-17(6-9-21(15)25)22-19(10-12-29)20(14-26)23(30)28(27-22)11-2-3-16-4-7-18(24)8-5-16/h2-9,13,29H,10-12,14,26H2,1H3. The van der Waals surface area contributed by atoms with Gasteiger partial charge in [0.05, 0.1) is 12.2 Å². The molecular formula is C23H23ClFN3O2. The number of halogens is 2. The quantitative estimate of drug-likeness (QED) is 0.602. The predicted octanol–water partition coefficient (Wildman–Crippen LogP) is 3.72. The lowest BCUT2D eigenvalue weighted by atomic mass is 9.98. The topological polar surface area (TPSA) is 81.1 Å². The summed E-state index contributed by atoms with van der Waals surface area (Å²) in [6.45, 7) is 1.77. The van der Waals surface area contributed by atoms with E-state index in [0.29, 0.717) is 33.0 Å². The van der Waals surface area contributed by atoms with Crippen LogP contribution >= 0.6 is 11.6 Å². The Hall–Kier alpha value is -2.80. The molecule has 0 saturated carbocycles. The Morgan fingerprint density at radius 2 is 1.93 bits per heavy atom. The lowest BCUT2D eigenvalue weighted by Gasteiger charge is -2.15. The predicted molar refractivity (Wildman–Crippen MR) is 118 cm³/mol. The van der Waals surface area contributed by atoms with Crippen LogP contribution in [0.4, 0.5) is 4.39 Å². The van der Waals surface area contributed by atoms with E-state index in [4.69, 9.17) is 17.3 Å². The third-order valence-corrected chi connectivity index (χ3v) is 5.07. The normalized spacial score (nSPS) is 11.4. The van der Waals surface area contributed by atoms with Crippen LogP contribution in [-0.2, 0) is 19.5 Å². The van der Waals surface area contributed by atoms with Crippen LogP contribution in [0.15, 0.2) is 53.3 Å². The Morgan fingerprint density at radius 3 is 2.57 bits per heavy atom. The average molecular weight is 428 g/mol. The van der Waals surface area contributed by atoms with Crippen LogP contribution in [0, 0.1) is 12.7 Å². The van der Waals surface area contributed by atoms with Gasteiger partial charge in [-0.2, -0.15) is 5.10 Å². The summed E-state index contributed by atoms with van der Waals surface area (Å²) >= 11 is 5.90. The van der Waals surface area contributed by atoms with Crippen molar-refractivity contribution in [2.45, 2.75) is 26.4 Å². The van der Waals surface area contributed by atoms with Crippen molar-refractivity contribution in [3.63, 3.8) is 0 Å². The summed E-state index contributed by atoms with van der Waals surface area (Å²) < 4.78 is 15.1. The molecule has 30 heavy (non-hydrogen) atoms. The molecule has 0 saturated heterocycles. The summed E-state index contributed by atoms with van der Waals surface area (Å²) in [6, 6.07) is 12.0. The molecule has 0 atom stereocenters. The third-order valence-electron chi connectivity index (χ3n) is 4.82. The van der Waals surface area contributed by atoms with Crippen molar-refractivity contribution in [3.05, 3.63) is 92.0 Å². The largest absolute Gasteiger partial charge is 0.396 e. The number of aryl methyl sites for hydroxylation is 1. The summed E-state index contributed by atoms with van der Waals surface area (Å²) in [7, 11) is 0. The van der Waals surface area contributed by atoms with E-state index in [-0.39, 0.29) is 37.5 Å². The van der Waals surface area contributed by atoms with Gasteiger partial charge in [0.2, 0.25) is 0 Å². The first-order chi connectivity index (χ1) is 14.4. The number of allylic oxidation sites excluding steroid dienone is 1. The Bertz CT molecular complexity index is 1120. The maximum atomic E-state index is 13.8. The summed E-state index contributed by atoms with van der Waals surface area (Å²) in [5.74, 6) is -0.319. The van der Waals surface area contributed by atoms with Gasteiger partial charge in [0.15, 0.2) is 0 Å². The molecule has 1 aromatic heterocycles. The van der Waals surface area contributed by atoms with Gasteiger partial charge in [-0.05, 0) is 60.4 Å². The number of aliphatic hydroxyl groups excluding tert-OH is 1. The Balaban J connectivity index is 2.05. The van der Waals surface area contributed by atoms with Gasteiger partial charge in [-0.25, -0.2) is 9.07 Å². The molecule has 3 aromatic rings. The second-order valence-electron chi connectivity index (χ2n) is 6.89. The minimum Gasteiger partial charge on any atom is -0.396 e. The van der Waals surface area contributed by atoms with Crippen LogP contribution in [0.5, 0.6) is 0 Å². The van der Waals surface area contributed by atoms with Crippen LogP contribution in [-0.4, -0.2) is 21.5 Å². The second-order valence-corrected chi connectivity index (χ2v) is 7.33. The maximum absolute atomic E-state index is 13.8. The van der Waals surface area contributed by atoms with E-state index in [1.807, 2.05) is 24.3 Å². The monoisotopic (exact) mass is 427 g/mol. The van der Waals surface area contributed by atoms with Crippen LogP contribution < -0.4 is 11.3 Å². The van der Waals surface area contributed by atoms with Crippen molar-refractivity contribution in [2.24, 2.45) is 5.73 Å². The molecule has 0 spiro atoms. The van der Waals surface area contributed by atoms with Gasteiger partial charge in [-0.1, -0.05) is 35.9 Å². The molecular weight excluding hydrogens is 405 g/mol. The van der Waals surface area contributed by atoms with Crippen molar-refractivity contribution in [3.8, 4) is 11.3 Å². The highest BCUT2D eigenvalue weighted by molar-refractivity contribution is 6.30. The van der Waals surface area contributed by atoms with Gasteiger partial charge < -0.3 is 10.8 Å². The number of aliphatic hydroxyl groups is 1. The van der Waals surface area contributed by atoms with Crippen LogP contribution in [0.1, 0.15) is 22.3 Å². The van der Waals surface area contributed by atoms with E-state index in [1.54, 1.807) is 31.2 Å². The Labute approximate surface area is 179 Å². The fraction of sp³-hybridized carbons (Fsp3) is 0.217. The number of hydrogen-bond acceptors (Lipinski definition) is 4. The Morgan fingerprint density at radius 1 is 1.20 bits per heavy atom. The van der Waals surface area contributed by atoms with Crippen LogP contribution in [0.2, 0.25) is 5.02 Å². The smallest absolute Gasteiger partial charge is 0.271 e. The lowest BCUT2D eigenvalue weighted by molar-refractivity contribution is 0.299. The second kappa shape index (κ2) is 9.80. The molecule has 0 aliphatic rings. The van der Waals surface area contributed by atoms with Crippen LogP contribution in [0.3, 0.4) is 0 Å². The van der Waals surface area contributed by atoms with Crippen molar-refractivity contribution < 1.29 is 9.50 Å². The fourth-order valence-electron chi connectivity index (χ4n) is 3.26. The van der Waals surface area contributed by atoms with E-state index in [9.17, 15) is 14.3 Å². The maximum Gasteiger partial charge on any atom is 0.271 e. The molecule has 0 bridgehead atoms. The first kappa shape index (κ1) is 21.9. The molecule has 0 radical (unpaired) electrons. The van der Waals surface area contributed by atoms with Gasteiger partial charge in [-0.15, -0.1) is 0 Å². The van der Waals surface area contributed by atoms with Crippen molar-refractivity contribution in [2.75, 3.05) is 6.61 Å². The minimum absolute atomic E-state index is 0.0186. The molecule has 0 aliphatic carbocycles. The molecule has 7 heteroatoms. The van der Waals surface area contributed by atoms with E-state index in [1.165, 1.54) is 10.7 Å². The average Bonchev–Trinajstić information content (AvgIpc) is 2.73. The zero-order valence-corrected chi connectivity index (χ0v) is 17.4. The minimum atomic E-state index is -0.319. The molecule has 0 unspecified atom stereocenters.